The number of anilines is 1. The Hall–Kier alpha value is -1.67. The molecule has 0 amide bonds. The molecule has 92 valence electrons. The fraction of sp³-hybridized carbons (Fsp3) is 0.462. The van der Waals surface area contributed by atoms with Gasteiger partial charge in [-0.25, -0.2) is 9.97 Å². The first kappa shape index (κ1) is 11.4. The van der Waals surface area contributed by atoms with E-state index in [4.69, 9.17) is 5.26 Å². The summed E-state index contributed by atoms with van der Waals surface area (Å²) in [6, 6.07) is 2.18. The van der Waals surface area contributed by atoms with E-state index in [1.807, 2.05) is 7.05 Å². The molecule has 1 aliphatic carbocycles. The minimum Gasteiger partial charge on any atom is -0.358 e. The highest BCUT2D eigenvalue weighted by molar-refractivity contribution is 7.19. The highest BCUT2D eigenvalue weighted by atomic mass is 32.1. The summed E-state index contributed by atoms with van der Waals surface area (Å²) in [4.78, 5) is 13.4. The van der Waals surface area contributed by atoms with Gasteiger partial charge in [0.2, 0.25) is 0 Å². The van der Waals surface area contributed by atoms with Crippen LogP contribution in [0.25, 0.3) is 10.2 Å². The average Bonchev–Trinajstić information content (AvgIpc) is 2.95. The van der Waals surface area contributed by atoms with Gasteiger partial charge in [0.1, 0.15) is 17.0 Å². The molecule has 0 unspecified atom stereocenters. The van der Waals surface area contributed by atoms with Crippen molar-refractivity contribution in [2.24, 2.45) is 0 Å². The molecule has 0 aromatic carbocycles. The van der Waals surface area contributed by atoms with Crippen LogP contribution in [0.4, 0.5) is 5.82 Å². The van der Waals surface area contributed by atoms with Gasteiger partial charge < -0.3 is 4.90 Å². The van der Waals surface area contributed by atoms with Crippen molar-refractivity contribution in [2.75, 3.05) is 18.5 Å². The lowest BCUT2D eigenvalue weighted by atomic mass is 10.2. The van der Waals surface area contributed by atoms with Crippen LogP contribution in [0.15, 0.2) is 6.33 Å². The Morgan fingerprint density at radius 2 is 2.33 bits per heavy atom. The molecule has 1 aliphatic rings. The monoisotopic (exact) mass is 258 g/mol. The first-order valence-corrected chi connectivity index (χ1v) is 6.96. The molecule has 0 saturated heterocycles. The van der Waals surface area contributed by atoms with Crippen molar-refractivity contribution >= 4 is 27.4 Å². The minimum atomic E-state index is 0.522. The molecule has 2 heterocycles. The van der Waals surface area contributed by atoms with Crippen LogP contribution in [0.5, 0.6) is 0 Å². The van der Waals surface area contributed by atoms with Gasteiger partial charge in [-0.15, -0.1) is 11.3 Å². The molecule has 3 rings (SSSR count). The maximum absolute atomic E-state index is 8.68. The van der Waals surface area contributed by atoms with Gasteiger partial charge in [0.15, 0.2) is 0 Å². The summed E-state index contributed by atoms with van der Waals surface area (Å²) in [5.74, 6) is 0.981. The van der Waals surface area contributed by atoms with Gasteiger partial charge in [0.05, 0.1) is 17.9 Å². The van der Waals surface area contributed by atoms with E-state index >= 15 is 0 Å². The molecule has 0 saturated carbocycles. The van der Waals surface area contributed by atoms with Crippen LogP contribution in [-0.2, 0) is 12.8 Å². The maximum Gasteiger partial charge on any atom is 0.140 e. The highest BCUT2D eigenvalue weighted by Gasteiger charge is 2.22. The van der Waals surface area contributed by atoms with Crippen LogP contribution in [0.2, 0.25) is 0 Å². The Kier molecular flexibility index (Phi) is 2.88. The number of nitrogens with zero attached hydrogens (tertiary/aromatic N) is 4. The van der Waals surface area contributed by atoms with Crippen LogP contribution < -0.4 is 4.90 Å². The van der Waals surface area contributed by atoms with Crippen molar-refractivity contribution in [3.63, 3.8) is 0 Å². The van der Waals surface area contributed by atoms with Gasteiger partial charge in [0.25, 0.3) is 0 Å². The number of fused-ring (bicyclic) bond motifs is 3. The molecule has 0 radical (unpaired) electrons. The summed E-state index contributed by atoms with van der Waals surface area (Å²) in [7, 11) is 2.00. The second-order valence-electron chi connectivity index (χ2n) is 4.56. The van der Waals surface area contributed by atoms with Crippen LogP contribution >= 0.6 is 11.3 Å². The summed E-state index contributed by atoms with van der Waals surface area (Å²) in [5.41, 5.74) is 1.44. The molecular weight excluding hydrogens is 244 g/mol. The molecule has 0 atom stereocenters. The topological polar surface area (TPSA) is 52.8 Å². The van der Waals surface area contributed by atoms with Crippen LogP contribution in [-0.4, -0.2) is 23.6 Å². The number of thiophene rings is 1. The Morgan fingerprint density at radius 1 is 1.44 bits per heavy atom. The van der Waals surface area contributed by atoms with Crippen molar-refractivity contribution in [1.82, 2.24) is 9.97 Å². The maximum atomic E-state index is 8.68. The largest absolute Gasteiger partial charge is 0.358 e. The smallest absolute Gasteiger partial charge is 0.140 e. The average molecular weight is 258 g/mol. The molecule has 0 fully saturated rings. The Labute approximate surface area is 110 Å². The number of hydrogen-bond donors (Lipinski definition) is 0. The summed E-state index contributed by atoms with van der Waals surface area (Å²) in [5, 5.41) is 9.90. The van der Waals surface area contributed by atoms with E-state index in [0.717, 1.165) is 17.1 Å². The third-order valence-corrected chi connectivity index (χ3v) is 4.60. The number of aryl methyl sites for hydroxylation is 2. The van der Waals surface area contributed by atoms with Gasteiger partial charge in [0, 0.05) is 18.5 Å². The van der Waals surface area contributed by atoms with E-state index in [-0.39, 0.29) is 0 Å². The normalized spacial score (nSPS) is 13.6. The zero-order valence-electron chi connectivity index (χ0n) is 10.3. The molecule has 5 heteroatoms. The Morgan fingerprint density at radius 3 is 3.17 bits per heavy atom. The van der Waals surface area contributed by atoms with E-state index in [1.165, 1.54) is 28.7 Å². The van der Waals surface area contributed by atoms with Crippen LogP contribution in [0.1, 0.15) is 23.3 Å². The third kappa shape index (κ3) is 1.73. The van der Waals surface area contributed by atoms with E-state index in [1.54, 1.807) is 17.7 Å². The number of nitriles is 1. The van der Waals surface area contributed by atoms with Gasteiger partial charge in [-0.3, -0.25) is 0 Å². The fourth-order valence-electron chi connectivity index (χ4n) is 2.52. The molecule has 0 bridgehead atoms. The van der Waals surface area contributed by atoms with Gasteiger partial charge in [-0.05, 0) is 24.8 Å². The second-order valence-corrected chi connectivity index (χ2v) is 5.65. The van der Waals surface area contributed by atoms with Crippen LogP contribution in [0.3, 0.4) is 0 Å². The Bertz CT molecular complexity index is 626. The van der Waals surface area contributed by atoms with E-state index in [9.17, 15) is 0 Å². The number of aromatic nitrogens is 2. The SMILES string of the molecule is CN(CCC#N)c1ncnc2sc3c(c12)CCC3. The summed E-state index contributed by atoms with van der Waals surface area (Å²) < 4.78 is 0. The lowest BCUT2D eigenvalue weighted by Crippen LogP contribution is -2.19. The quantitative estimate of drug-likeness (QED) is 0.849. The zero-order valence-corrected chi connectivity index (χ0v) is 11.1. The van der Waals surface area contributed by atoms with E-state index < -0.39 is 0 Å². The summed E-state index contributed by atoms with van der Waals surface area (Å²) >= 11 is 1.80. The lowest BCUT2D eigenvalue weighted by molar-refractivity contribution is 0.884. The highest BCUT2D eigenvalue weighted by Crippen LogP contribution is 2.39. The second kappa shape index (κ2) is 4.54. The molecule has 18 heavy (non-hydrogen) atoms. The van der Waals surface area contributed by atoms with Crippen molar-refractivity contribution in [3.8, 4) is 6.07 Å². The number of rotatable bonds is 3. The standard InChI is InChI=1S/C13H14N4S/c1-17(7-3-6-14)12-11-9-4-2-5-10(9)18-13(11)16-8-15-12/h8H,2-5,7H2,1H3. The van der Waals surface area contributed by atoms with E-state index in [2.05, 4.69) is 20.9 Å². The summed E-state index contributed by atoms with van der Waals surface area (Å²) in [6.45, 7) is 0.716. The first-order chi connectivity index (χ1) is 8.81. The molecule has 0 aliphatic heterocycles. The van der Waals surface area contributed by atoms with Gasteiger partial charge in [-0.1, -0.05) is 0 Å². The van der Waals surface area contributed by atoms with Crippen molar-refractivity contribution < 1.29 is 0 Å². The van der Waals surface area contributed by atoms with E-state index in [0.29, 0.717) is 13.0 Å². The molecule has 0 N–H and O–H groups in total. The molecule has 4 nitrogen and oxygen atoms in total. The molecular formula is C13H14N4S. The van der Waals surface area contributed by atoms with Gasteiger partial charge in [-0.2, -0.15) is 5.26 Å². The Balaban J connectivity index is 2.09. The zero-order chi connectivity index (χ0) is 12.5. The number of hydrogen-bond acceptors (Lipinski definition) is 5. The van der Waals surface area contributed by atoms with Gasteiger partial charge >= 0.3 is 0 Å². The van der Waals surface area contributed by atoms with Crippen molar-refractivity contribution in [2.45, 2.75) is 25.7 Å². The third-order valence-electron chi connectivity index (χ3n) is 3.40. The predicted molar refractivity (Wildman–Crippen MR) is 72.9 cm³/mol. The van der Waals surface area contributed by atoms with Crippen molar-refractivity contribution in [3.05, 3.63) is 16.8 Å². The molecule has 0 spiro atoms. The van der Waals surface area contributed by atoms with Crippen molar-refractivity contribution in [1.29, 1.82) is 5.26 Å². The molecule has 2 aromatic heterocycles. The fourth-order valence-corrected chi connectivity index (χ4v) is 3.75. The first-order valence-electron chi connectivity index (χ1n) is 6.14. The minimum absolute atomic E-state index is 0.522. The lowest BCUT2D eigenvalue weighted by Gasteiger charge is -2.17. The summed E-state index contributed by atoms with van der Waals surface area (Å²) in [6.07, 6.45) is 5.72. The predicted octanol–water partition coefficient (Wildman–Crippen LogP) is 2.53. The van der Waals surface area contributed by atoms with Crippen LogP contribution in [0, 0.1) is 11.3 Å². The molecule has 2 aromatic rings.